The maximum Gasteiger partial charge on any atom is 0.190 e. The fraction of sp³-hybridized carbons (Fsp3) is 0.333. The number of aromatic nitrogens is 3. The van der Waals surface area contributed by atoms with Crippen LogP contribution in [0.1, 0.15) is 6.42 Å². The van der Waals surface area contributed by atoms with Gasteiger partial charge in [0.1, 0.15) is 12.1 Å². The summed E-state index contributed by atoms with van der Waals surface area (Å²) in [7, 11) is 1.94. The predicted molar refractivity (Wildman–Crippen MR) is 72.7 cm³/mol. The van der Waals surface area contributed by atoms with Gasteiger partial charge in [0, 0.05) is 24.6 Å². The van der Waals surface area contributed by atoms with Gasteiger partial charge >= 0.3 is 0 Å². The standard InChI is InChI=1S/C12H16N4OS/c1-16-9-14-15-12(16)18-7-3-6-17-11-5-2-4-10(13)8-11/h2,4-5,8-9H,3,6-7,13H2,1H3. The highest BCUT2D eigenvalue weighted by Gasteiger charge is 2.01. The lowest BCUT2D eigenvalue weighted by molar-refractivity contribution is 0.319. The summed E-state index contributed by atoms with van der Waals surface area (Å²) in [6, 6.07) is 7.47. The van der Waals surface area contributed by atoms with E-state index >= 15 is 0 Å². The molecule has 0 saturated heterocycles. The Labute approximate surface area is 110 Å². The van der Waals surface area contributed by atoms with Crippen LogP contribution in [0.15, 0.2) is 35.7 Å². The van der Waals surface area contributed by atoms with Gasteiger partial charge in [-0.25, -0.2) is 0 Å². The van der Waals surface area contributed by atoms with Gasteiger partial charge in [-0.1, -0.05) is 17.8 Å². The van der Waals surface area contributed by atoms with Gasteiger partial charge in [0.15, 0.2) is 5.16 Å². The lowest BCUT2D eigenvalue weighted by atomic mass is 10.3. The van der Waals surface area contributed by atoms with Crippen molar-refractivity contribution in [2.24, 2.45) is 7.05 Å². The molecule has 0 saturated carbocycles. The molecule has 18 heavy (non-hydrogen) atoms. The minimum atomic E-state index is 0.675. The Morgan fingerprint density at radius 1 is 1.44 bits per heavy atom. The zero-order chi connectivity index (χ0) is 12.8. The zero-order valence-corrected chi connectivity index (χ0v) is 11.1. The number of nitrogens with two attached hydrogens (primary N) is 1. The second kappa shape index (κ2) is 6.30. The van der Waals surface area contributed by atoms with Crippen molar-refractivity contribution in [1.29, 1.82) is 0 Å². The van der Waals surface area contributed by atoms with Crippen LogP contribution in [0.5, 0.6) is 5.75 Å². The molecular weight excluding hydrogens is 248 g/mol. The Bertz CT molecular complexity index is 500. The lowest BCUT2D eigenvalue weighted by Crippen LogP contribution is -2.00. The molecule has 0 aliphatic rings. The van der Waals surface area contributed by atoms with Crippen molar-refractivity contribution >= 4 is 17.4 Å². The zero-order valence-electron chi connectivity index (χ0n) is 10.2. The molecule has 0 aliphatic carbocycles. The molecule has 6 heteroatoms. The van der Waals surface area contributed by atoms with Crippen LogP contribution in [0.2, 0.25) is 0 Å². The van der Waals surface area contributed by atoms with Gasteiger partial charge in [0.25, 0.3) is 0 Å². The molecule has 2 rings (SSSR count). The van der Waals surface area contributed by atoms with Crippen LogP contribution in [-0.2, 0) is 7.05 Å². The van der Waals surface area contributed by atoms with Crippen molar-refractivity contribution in [3.63, 3.8) is 0 Å². The van der Waals surface area contributed by atoms with E-state index in [0.29, 0.717) is 6.61 Å². The first kappa shape index (κ1) is 12.8. The van der Waals surface area contributed by atoms with E-state index in [1.165, 1.54) is 0 Å². The number of benzene rings is 1. The molecule has 96 valence electrons. The number of aryl methyl sites for hydroxylation is 1. The number of hydrogen-bond donors (Lipinski definition) is 1. The summed E-state index contributed by atoms with van der Waals surface area (Å²) in [6.45, 7) is 0.675. The van der Waals surface area contributed by atoms with E-state index in [9.17, 15) is 0 Å². The summed E-state index contributed by atoms with van der Waals surface area (Å²) >= 11 is 1.68. The van der Waals surface area contributed by atoms with E-state index in [1.54, 1.807) is 18.1 Å². The molecule has 0 fully saturated rings. The summed E-state index contributed by atoms with van der Waals surface area (Å²) in [5, 5.41) is 8.76. The molecule has 1 aromatic heterocycles. The minimum Gasteiger partial charge on any atom is -0.493 e. The van der Waals surface area contributed by atoms with Crippen LogP contribution in [0, 0.1) is 0 Å². The van der Waals surface area contributed by atoms with Gasteiger partial charge in [-0.05, 0) is 18.6 Å². The average molecular weight is 264 g/mol. The molecule has 0 amide bonds. The fourth-order valence-corrected chi connectivity index (χ4v) is 2.22. The number of hydrogen-bond acceptors (Lipinski definition) is 5. The summed E-state index contributed by atoms with van der Waals surface area (Å²) in [4.78, 5) is 0. The first-order chi connectivity index (χ1) is 8.75. The Morgan fingerprint density at radius 3 is 3.06 bits per heavy atom. The van der Waals surface area contributed by atoms with Gasteiger partial charge < -0.3 is 15.0 Å². The molecule has 0 bridgehead atoms. The third kappa shape index (κ3) is 3.66. The summed E-state index contributed by atoms with van der Waals surface area (Å²) in [5.74, 6) is 1.77. The molecule has 0 radical (unpaired) electrons. The van der Waals surface area contributed by atoms with E-state index in [1.807, 2.05) is 35.9 Å². The van der Waals surface area contributed by atoms with Crippen LogP contribution in [0.25, 0.3) is 0 Å². The van der Waals surface area contributed by atoms with Crippen LogP contribution in [0.4, 0.5) is 5.69 Å². The SMILES string of the molecule is Cn1cnnc1SCCCOc1cccc(N)c1. The molecule has 2 N–H and O–H groups in total. The molecule has 1 heterocycles. The quantitative estimate of drug-likeness (QED) is 0.491. The third-order valence-corrected chi connectivity index (χ3v) is 3.44. The first-order valence-corrected chi connectivity index (χ1v) is 6.69. The molecular formula is C12H16N4OS. The largest absolute Gasteiger partial charge is 0.493 e. The van der Waals surface area contributed by atoms with Gasteiger partial charge in [-0.3, -0.25) is 0 Å². The minimum absolute atomic E-state index is 0.675. The second-order valence-corrected chi connectivity index (χ2v) is 4.91. The van der Waals surface area contributed by atoms with Crippen molar-refractivity contribution in [1.82, 2.24) is 14.8 Å². The number of rotatable bonds is 6. The Hall–Kier alpha value is -1.69. The van der Waals surface area contributed by atoms with Crippen LogP contribution < -0.4 is 10.5 Å². The number of thioether (sulfide) groups is 1. The first-order valence-electron chi connectivity index (χ1n) is 5.71. The molecule has 0 atom stereocenters. The number of nitrogen functional groups attached to an aromatic ring is 1. The van der Waals surface area contributed by atoms with Gasteiger partial charge in [-0.15, -0.1) is 10.2 Å². The second-order valence-electron chi connectivity index (χ2n) is 3.85. The van der Waals surface area contributed by atoms with Gasteiger partial charge in [-0.2, -0.15) is 0 Å². The van der Waals surface area contributed by atoms with Crippen molar-refractivity contribution in [3.8, 4) is 5.75 Å². The number of nitrogens with zero attached hydrogens (tertiary/aromatic N) is 3. The highest BCUT2D eigenvalue weighted by atomic mass is 32.2. The highest BCUT2D eigenvalue weighted by molar-refractivity contribution is 7.99. The van der Waals surface area contributed by atoms with Crippen LogP contribution >= 0.6 is 11.8 Å². The molecule has 0 unspecified atom stereocenters. The Balaban J connectivity index is 1.66. The van der Waals surface area contributed by atoms with E-state index in [-0.39, 0.29) is 0 Å². The maximum absolute atomic E-state index is 5.67. The fourth-order valence-electron chi connectivity index (χ4n) is 1.42. The van der Waals surface area contributed by atoms with E-state index in [0.717, 1.165) is 28.8 Å². The van der Waals surface area contributed by atoms with Gasteiger partial charge in [0.2, 0.25) is 0 Å². The van der Waals surface area contributed by atoms with Crippen molar-refractivity contribution in [2.75, 3.05) is 18.1 Å². The smallest absolute Gasteiger partial charge is 0.190 e. The average Bonchev–Trinajstić information content (AvgIpc) is 2.75. The van der Waals surface area contributed by atoms with Gasteiger partial charge in [0.05, 0.1) is 6.61 Å². The van der Waals surface area contributed by atoms with E-state index < -0.39 is 0 Å². The van der Waals surface area contributed by atoms with E-state index in [2.05, 4.69) is 10.2 Å². The third-order valence-electron chi connectivity index (χ3n) is 2.32. The molecule has 2 aromatic rings. The summed E-state index contributed by atoms with van der Waals surface area (Å²) in [5.41, 5.74) is 6.39. The van der Waals surface area contributed by atoms with Crippen LogP contribution in [0.3, 0.4) is 0 Å². The molecule has 5 nitrogen and oxygen atoms in total. The highest BCUT2D eigenvalue weighted by Crippen LogP contribution is 2.16. The normalized spacial score (nSPS) is 10.5. The van der Waals surface area contributed by atoms with Crippen molar-refractivity contribution in [3.05, 3.63) is 30.6 Å². The monoisotopic (exact) mass is 264 g/mol. The lowest BCUT2D eigenvalue weighted by Gasteiger charge is -2.06. The number of anilines is 1. The molecule has 1 aromatic carbocycles. The Kier molecular flexibility index (Phi) is 4.46. The maximum atomic E-state index is 5.67. The number of ether oxygens (including phenoxy) is 1. The molecule has 0 aliphatic heterocycles. The van der Waals surface area contributed by atoms with Crippen molar-refractivity contribution in [2.45, 2.75) is 11.6 Å². The predicted octanol–water partition coefficient (Wildman–Crippen LogP) is 1.96. The van der Waals surface area contributed by atoms with E-state index in [4.69, 9.17) is 10.5 Å². The van der Waals surface area contributed by atoms with Crippen LogP contribution in [-0.4, -0.2) is 27.1 Å². The summed E-state index contributed by atoms with van der Waals surface area (Å²) in [6.07, 6.45) is 2.65. The Morgan fingerprint density at radius 2 is 2.33 bits per heavy atom. The molecule has 0 spiro atoms. The summed E-state index contributed by atoms with van der Waals surface area (Å²) < 4.78 is 7.51. The topological polar surface area (TPSA) is 66.0 Å². The van der Waals surface area contributed by atoms with Crippen molar-refractivity contribution < 1.29 is 4.74 Å².